The summed E-state index contributed by atoms with van der Waals surface area (Å²) >= 11 is 5.13. The van der Waals surface area contributed by atoms with E-state index in [0.29, 0.717) is 12.1 Å². The molecule has 0 atom stereocenters. The molecule has 12 heteroatoms. The van der Waals surface area contributed by atoms with Crippen molar-refractivity contribution in [2.45, 2.75) is 13.0 Å². The molecule has 0 unspecified atom stereocenters. The molecule has 0 radical (unpaired) electrons. The predicted octanol–water partition coefficient (Wildman–Crippen LogP) is 2.65. The fraction of sp³-hybridized carbons (Fsp3) is 0.364. The summed E-state index contributed by atoms with van der Waals surface area (Å²) in [6, 6.07) is 5.96. The number of hydrogen-bond donors (Lipinski definition) is 3. The van der Waals surface area contributed by atoms with Gasteiger partial charge in [0.15, 0.2) is 22.5 Å². The molecule has 2 aromatic rings. The Kier molecular flexibility index (Phi) is 9.42. The smallest absolute Gasteiger partial charge is 0.269 e. The lowest BCUT2D eigenvalue weighted by Crippen LogP contribution is -2.47. The average molecular weight is 501 g/mol. The standard InChI is InChI=1S/C22H24F4N4O3S/c23-16-12-17(24)19(26)20(18(16)25)33-13-14-2-4-15(5-3-14)21(31)28-29-22(34)27-6-1-7-30-8-10-32-11-9-30/h2-5,12H,1,6-11,13H2,(H,28,31)(H2,27,29,34). The zero-order valence-electron chi connectivity index (χ0n) is 18.1. The SMILES string of the molecule is O=C(NNC(=S)NCCCN1CCOCC1)c1ccc(COc2c(F)c(F)cc(F)c2F)cc1. The van der Waals surface area contributed by atoms with Crippen molar-refractivity contribution in [3.05, 3.63) is 64.7 Å². The number of hydrogen-bond acceptors (Lipinski definition) is 5. The van der Waals surface area contributed by atoms with Crippen molar-refractivity contribution < 1.29 is 31.8 Å². The Labute approximate surface area is 199 Å². The van der Waals surface area contributed by atoms with Crippen molar-refractivity contribution in [2.75, 3.05) is 39.4 Å². The molecule has 3 rings (SSSR count). The Morgan fingerprint density at radius 3 is 2.32 bits per heavy atom. The fourth-order valence-electron chi connectivity index (χ4n) is 3.15. The molecule has 1 saturated heterocycles. The average Bonchev–Trinajstić information content (AvgIpc) is 2.85. The Morgan fingerprint density at radius 2 is 1.68 bits per heavy atom. The van der Waals surface area contributed by atoms with Crippen LogP contribution in [0.2, 0.25) is 0 Å². The van der Waals surface area contributed by atoms with Crippen LogP contribution in [0, 0.1) is 23.3 Å². The molecule has 0 aromatic heterocycles. The summed E-state index contributed by atoms with van der Waals surface area (Å²) in [5, 5.41) is 3.27. The summed E-state index contributed by atoms with van der Waals surface area (Å²) in [4.78, 5) is 14.6. The van der Waals surface area contributed by atoms with Crippen LogP contribution in [0.3, 0.4) is 0 Å². The number of carbonyl (C=O) groups is 1. The predicted molar refractivity (Wildman–Crippen MR) is 120 cm³/mol. The van der Waals surface area contributed by atoms with Crippen LogP contribution in [0.1, 0.15) is 22.3 Å². The quantitative estimate of drug-likeness (QED) is 0.169. The monoisotopic (exact) mass is 500 g/mol. The molecule has 7 nitrogen and oxygen atoms in total. The van der Waals surface area contributed by atoms with Crippen molar-refractivity contribution in [2.24, 2.45) is 0 Å². The number of ether oxygens (including phenoxy) is 2. The van der Waals surface area contributed by atoms with Gasteiger partial charge in [-0.25, -0.2) is 8.78 Å². The van der Waals surface area contributed by atoms with E-state index in [0.717, 1.165) is 39.3 Å². The van der Waals surface area contributed by atoms with Crippen molar-refractivity contribution in [3.63, 3.8) is 0 Å². The van der Waals surface area contributed by atoms with Crippen molar-refractivity contribution in [1.29, 1.82) is 0 Å². The first-order chi connectivity index (χ1) is 16.3. The fourth-order valence-corrected chi connectivity index (χ4v) is 3.30. The van der Waals surface area contributed by atoms with Gasteiger partial charge in [-0.05, 0) is 42.9 Å². The van der Waals surface area contributed by atoms with Crippen LogP contribution < -0.4 is 20.9 Å². The van der Waals surface area contributed by atoms with Crippen LogP contribution >= 0.6 is 12.2 Å². The molecule has 0 saturated carbocycles. The molecule has 184 valence electrons. The summed E-state index contributed by atoms with van der Waals surface area (Å²) in [5.41, 5.74) is 5.77. The summed E-state index contributed by atoms with van der Waals surface area (Å²) in [5.74, 6) is -7.96. The zero-order chi connectivity index (χ0) is 24.5. The highest BCUT2D eigenvalue weighted by atomic mass is 32.1. The molecule has 1 aliphatic heterocycles. The molecular weight excluding hydrogens is 476 g/mol. The summed E-state index contributed by atoms with van der Waals surface area (Å²) in [6.07, 6.45) is 0.884. The number of morpholine rings is 1. The number of hydrazine groups is 1. The minimum atomic E-state index is -1.62. The number of nitrogens with zero attached hydrogens (tertiary/aromatic N) is 1. The van der Waals surface area contributed by atoms with Gasteiger partial charge in [0, 0.05) is 31.3 Å². The summed E-state index contributed by atoms with van der Waals surface area (Å²) in [6.45, 7) is 4.53. The second-order valence-electron chi connectivity index (χ2n) is 7.43. The molecule has 3 N–H and O–H groups in total. The minimum Gasteiger partial charge on any atom is -0.483 e. The first-order valence-electron chi connectivity index (χ1n) is 10.5. The van der Waals surface area contributed by atoms with Crippen LogP contribution in [0.15, 0.2) is 30.3 Å². The molecule has 2 aromatic carbocycles. The molecule has 1 heterocycles. The zero-order valence-corrected chi connectivity index (χ0v) is 19.0. The van der Waals surface area contributed by atoms with Gasteiger partial charge in [-0.1, -0.05) is 12.1 Å². The molecule has 1 amide bonds. The van der Waals surface area contributed by atoms with E-state index in [4.69, 9.17) is 21.7 Å². The van der Waals surface area contributed by atoms with E-state index in [-0.39, 0.29) is 23.3 Å². The van der Waals surface area contributed by atoms with Crippen LogP contribution in [0.5, 0.6) is 5.75 Å². The maximum atomic E-state index is 13.7. The van der Waals surface area contributed by atoms with Crippen molar-refractivity contribution in [1.82, 2.24) is 21.1 Å². The Hall–Kier alpha value is -2.96. The van der Waals surface area contributed by atoms with Gasteiger partial charge in [0.1, 0.15) is 6.61 Å². The van der Waals surface area contributed by atoms with Gasteiger partial charge in [-0.2, -0.15) is 8.78 Å². The lowest BCUT2D eigenvalue weighted by Gasteiger charge is -2.26. The highest BCUT2D eigenvalue weighted by molar-refractivity contribution is 7.80. The van der Waals surface area contributed by atoms with Crippen LogP contribution in [-0.4, -0.2) is 55.3 Å². The van der Waals surface area contributed by atoms with E-state index in [9.17, 15) is 22.4 Å². The molecule has 0 aliphatic carbocycles. The molecular formula is C22H24F4N4O3S. The second-order valence-corrected chi connectivity index (χ2v) is 7.83. The molecule has 0 spiro atoms. The highest BCUT2D eigenvalue weighted by Crippen LogP contribution is 2.27. The van der Waals surface area contributed by atoms with Crippen LogP contribution in [-0.2, 0) is 11.3 Å². The normalized spacial score (nSPS) is 13.9. The van der Waals surface area contributed by atoms with Gasteiger partial charge in [-0.15, -0.1) is 0 Å². The summed E-state index contributed by atoms with van der Waals surface area (Å²) < 4.78 is 64.0. The van der Waals surface area contributed by atoms with Crippen LogP contribution in [0.25, 0.3) is 0 Å². The number of halogens is 4. The number of benzene rings is 2. The van der Waals surface area contributed by atoms with Gasteiger partial charge in [0.2, 0.25) is 11.6 Å². The van der Waals surface area contributed by atoms with E-state index < -0.39 is 34.9 Å². The second kappa shape index (κ2) is 12.5. The van der Waals surface area contributed by atoms with E-state index in [2.05, 4.69) is 21.1 Å². The van der Waals surface area contributed by atoms with Crippen molar-refractivity contribution in [3.8, 4) is 5.75 Å². The lowest BCUT2D eigenvalue weighted by molar-refractivity contribution is 0.0376. The first-order valence-corrected chi connectivity index (χ1v) is 10.9. The summed E-state index contributed by atoms with van der Waals surface area (Å²) in [7, 11) is 0. The first kappa shape index (κ1) is 25.7. The number of amides is 1. The minimum absolute atomic E-state index is 0.103. The molecule has 34 heavy (non-hydrogen) atoms. The maximum absolute atomic E-state index is 13.7. The Morgan fingerprint density at radius 1 is 1.03 bits per heavy atom. The van der Waals surface area contributed by atoms with Gasteiger partial charge in [0.25, 0.3) is 5.91 Å². The third-order valence-corrected chi connectivity index (χ3v) is 5.25. The topological polar surface area (TPSA) is 74.9 Å². The van der Waals surface area contributed by atoms with Gasteiger partial charge >= 0.3 is 0 Å². The number of carbonyl (C=O) groups excluding carboxylic acids is 1. The number of thiocarbonyl (C=S) groups is 1. The molecule has 1 fully saturated rings. The van der Waals surface area contributed by atoms with E-state index >= 15 is 0 Å². The highest BCUT2D eigenvalue weighted by Gasteiger charge is 2.20. The van der Waals surface area contributed by atoms with Gasteiger partial charge in [-0.3, -0.25) is 20.5 Å². The van der Waals surface area contributed by atoms with Gasteiger partial charge < -0.3 is 14.8 Å². The van der Waals surface area contributed by atoms with Gasteiger partial charge in [0.05, 0.1) is 13.2 Å². The Bertz CT molecular complexity index is 978. The van der Waals surface area contributed by atoms with E-state index in [1.54, 1.807) is 0 Å². The lowest BCUT2D eigenvalue weighted by atomic mass is 10.1. The molecule has 0 bridgehead atoms. The third kappa shape index (κ3) is 7.27. The Balaban J connectivity index is 1.39. The maximum Gasteiger partial charge on any atom is 0.269 e. The third-order valence-electron chi connectivity index (χ3n) is 5.00. The van der Waals surface area contributed by atoms with E-state index in [1.165, 1.54) is 24.3 Å². The van der Waals surface area contributed by atoms with E-state index in [1.807, 2.05) is 0 Å². The number of nitrogens with one attached hydrogen (secondary N) is 3. The van der Waals surface area contributed by atoms with Crippen LogP contribution in [0.4, 0.5) is 17.6 Å². The molecule has 1 aliphatic rings. The largest absolute Gasteiger partial charge is 0.483 e. The van der Waals surface area contributed by atoms with Crippen molar-refractivity contribution >= 4 is 23.2 Å². The number of rotatable bonds is 8.